The van der Waals surface area contributed by atoms with Crippen LogP contribution in [0.25, 0.3) is 11.0 Å². The largest absolute Gasteiger partial charge is 0.370 e. The van der Waals surface area contributed by atoms with E-state index in [1.807, 2.05) is 18.2 Å². The van der Waals surface area contributed by atoms with Gasteiger partial charge in [-0.05, 0) is 48.8 Å². The zero-order chi connectivity index (χ0) is 23.4. The maximum Gasteiger partial charge on any atom is 0.271 e. The Kier molecular flexibility index (Phi) is 5.63. The molecule has 10 heteroatoms. The molecule has 2 aromatic rings. The Balaban J connectivity index is 1.27. The van der Waals surface area contributed by atoms with Crippen molar-refractivity contribution in [3.05, 3.63) is 29.6 Å². The van der Waals surface area contributed by atoms with Crippen molar-refractivity contribution in [1.29, 1.82) is 0 Å². The number of imidazole rings is 1. The Bertz CT molecular complexity index is 1020. The highest BCUT2D eigenvalue weighted by Crippen LogP contribution is 2.45. The predicted molar refractivity (Wildman–Crippen MR) is 113 cm³/mol. The molecule has 0 bridgehead atoms. The molecule has 3 aliphatic rings. The third-order valence-corrected chi connectivity index (χ3v) is 6.96. The molecular formula is C23H28F4N4O2. The van der Waals surface area contributed by atoms with E-state index in [0.717, 1.165) is 23.9 Å². The summed E-state index contributed by atoms with van der Waals surface area (Å²) in [6, 6.07) is 4.80. The third-order valence-electron chi connectivity index (χ3n) is 6.96. The Labute approximate surface area is 188 Å². The molecule has 2 saturated carbocycles. The number of hydrogen-bond acceptors (Lipinski definition) is 4. The molecule has 33 heavy (non-hydrogen) atoms. The topological polar surface area (TPSA) is 93.0 Å². The lowest BCUT2D eigenvalue weighted by molar-refractivity contribution is -0.149. The number of amides is 1. The number of rotatable bonds is 7. The second-order valence-electron chi connectivity index (χ2n) is 9.89. The Hall–Kier alpha value is -2.20. The van der Waals surface area contributed by atoms with Gasteiger partial charge in [0.2, 0.25) is 11.8 Å². The predicted octanol–water partition coefficient (Wildman–Crippen LogP) is 4.38. The number of nitrogens with one attached hydrogen (secondary N) is 2. The number of ether oxygens (including phenoxy) is 1. The van der Waals surface area contributed by atoms with Crippen LogP contribution in [-0.4, -0.2) is 40.4 Å². The molecule has 0 radical (unpaired) electrons. The highest BCUT2D eigenvalue weighted by Gasteiger charge is 2.46. The number of hydrogen-bond donors (Lipinski definition) is 3. The second-order valence-corrected chi connectivity index (χ2v) is 9.89. The summed E-state index contributed by atoms with van der Waals surface area (Å²) < 4.78 is 58.2. The fourth-order valence-electron chi connectivity index (χ4n) is 4.92. The molecule has 1 amide bonds. The number of carbonyl (C=O) groups is 1. The molecule has 5 rings (SSSR count). The van der Waals surface area contributed by atoms with Crippen LogP contribution in [0, 0.1) is 11.8 Å². The zero-order valence-corrected chi connectivity index (χ0v) is 18.1. The number of aromatic amines is 1. The number of benzene rings is 1. The van der Waals surface area contributed by atoms with Crippen LogP contribution in [0.5, 0.6) is 0 Å². The Morgan fingerprint density at radius 1 is 1.21 bits per heavy atom. The Morgan fingerprint density at radius 3 is 2.61 bits per heavy atom. The molecule has 3 atom stereocenters. The SMILES string of the molecule is NC(c1nc2ccc([C@H](NC(=O)CC3CC(F)(F)C3)C3CC3)cc2[nH]1)[C@@H]1CCC(F)(F)CO1. The second kappa shape index (κ2) is 8.23. The van der Waals surface area contributed by atoms with Crippen LogP contribution in [0.4, 0.5) is 17.6 Å². The first-order valence-corrected chi connectivity index (χ1v) is 11.5. The van der Waals surface area contributed by atoms with Crippen LogP contribution in [0.2, 0.25) is 0 Å². The summed E-state index contributed by atoms with van der Waals surface area (Å²) in [6.07, 6.45) is 1.00. The van der Waals surface area contributed by atoms with E-state index in [4.69, 9.17) is 10.5 Å². The van der Waals surface area contributed by atoms with Crippen molar-refractivity contribution in [2.45, 2.75) is 75.0 Å². The molecule has 1 saturated heterocycles. The summed E-state index contributed by atoms with van der Waals surface area (Å²) >= 11 is 0. The first kappa shape index (κ1) is 22.6. The molecule has 1 unspecified atom stereocenters. The molecule has 2 aliphatic carbocycles. The number of nitrogens with zero attached hydrogens (tertiary/aromatic N) is 1. The van der Waals surface area contributed by atoms with Crippen LogP contribution in [-0.2, 0) is 9.53 Å². The summed E-state index contributed by atoms with van der Waals surface area (Å²) in [5.41, 5.74) is 8.58. The summed E-state index contributed by atoms with van der Waals surface area (Å²) in [7, 11) is 0. The molecule has 4 N–H and O–H groups in total. The van der Waals surface area contributed by atoms with Crippen LogP contribution < -0.4 is 11.1 Å². The van der Waals surface area contributed by atoms with Gasteiger partial charge in [-0.25, -0.2) is 22.5 Å². The fraction of sp³-hybridized carbons (Fsp3) is 0.652. The minimum Gasteiger partial charge on any atom is -0.370 e. The molecule has 1 aliphatic heterocycles. The van der Waals surface area contributed by atoms with E-state index in [2.05, 4.69) is 15.3 Å². The van der Waals surface area contributed by atoms with Crippen molar-refractivity contribution < 1.29 is 27.1 Å². The van der Waals surface area contributed by atoms with Crippen LogP contribution in [0.1, 0.15) is 68.4 Å². The molecule has 0 spiro atoms. The van der Waals surface area contributed by atoms with Crippen LogP contribution >= 0.6 is 0 Å². The minimum absolute atomic E-state index is 0.116. The highest BCUT2D eigenvalue weighted by molar-refractivity contribution is 5.78. The first-order chi connectivity index (χ1) is 15.6. The van der Waals surface area contributed by atoms with Gasteiger partial charge in [-0.15, -0.1) is 0 Å². The molecule has 180 valence electrons. The van der Waals surface area contributed by atoms with Crippen molar-refractivity contribution in [1.82, 2.24) is 15.3 Å². The van der Waals surface area contributed by atoms with Gasteiger partial charge in [0, 0.05) is 25.7 Å². The summed E-state index contributed by atoms with van der Waals surface area (Å²) in [6.45, 7) is -0.642. The molecule has 2 heterocycles. The van der Waals surface area contributed by atoms with E-state index in [-0.39, 0.29) is 50.0 Å². The van der Waals surface area contributed by atoms with Gasteiger partial charge in [-0.1, -0.05) is 6.07 Å². The monoisotopic (exact) mass is 468 g/mol. The molecular weight excluding hydrogens is 440 g/mol. The van der Waals surface area contributed by atoms with Gasteiger partial charge in [0.15, 0.2) is 0 Å². The Morgan fingerprint density at radius 2 is 1.97 bits per heavy atom. The average molecular weight is 468 g/mol. The molecule has 1 aromatic carbocycles. The lowest BCUT2D eigenvalue weighted by Gasteiger charge is -2.34. The molecule has 6 nitrogen and oxygen atoms in total. The fourth-order valence-corrected chi connectivity index (χ4v) is 4.92. The smallest absolute Gasteiger partial charge is 0.271 e. The highest BCUT2D eigenvalue weighted by atomic mass is 19.3. The first-order valence-electron chi connectivity index (χ1n) is 11.5. The van der Waals surface area contributed by atoms with Gasteiger partial charge in [0.1, 0.15) is 12.4 Å². The van der Waals surface area contributed by atoms with Gasteiger partial charge >= 0.3 is 0 Å². The van der Waals surface area contributed by atoms with Crippen molar-refractivity contribution >= 4 is 16.9 Å². The molecule has 1 aromatic heterocycles. The third kappa shape index (κ3) is 5.01. The number of fused-ring (bicyclic) bond motifs is 1. The van der Waals surface area contributed by atoms with E-state index >= 15 is 0 Å². The summed E-state index contributed by atoms with van der Waals surface area (Å²) in [5, 5.41) is 3.04. The van der Waals surface area contributed by atoms with E-state index in [0.29, 0.717) is 17.3 Å². The number of alkyl halides is 4. The van der Waals surface area contributed by atoms with Crippen molar-refractivity contribution in [3.63, 3.8) is 0 Å². The van der Waals surface area contributed by atoms with Crippen molar-refractivity contribution in [2.75, 3.05) is 6.61 Å². The van der Waals surface area contributed by atoms with Gasteiger partial charge in [0.25, 0.3) is 5.92 Å². The normalized spacial score (nSPS) is 26.5. The van der Waals surface area contributed by atoms with E-state index in [9.17, 15) is 22.4 Å². The molecule has 3 fully saturated rings. The quantitative estimate of drug-likeness (QED) is 0.526. The minimum atomic E-state index is -2.82. The number of nitrogens with two attached hydrogens (primary N) is 1. The van der Waals surface area contributed by atoms with Crippen molar-refractivity contribution in [2.24, 2.45) is 17.6 Å². The van der Waals surface area contributed by atoms with Crippen molar-refractivity contribution in [3.8, 4) is 0 Å². The maximum atomic E-state index is 13.4. The van der Waals surface area contributed by atoms with Crippen LogP contribution in [0.15, 0.2) is 18.2 Å². The summed E-state index contributed by atoms with van der Waals surface area (Å²) in [5.74, 6) is -5.13. The average Bonchev–Trinajstić information content (AvgIpc) is 3.48. The number of carbonyl (C=O) groups excluding carboxylic acids is 1. The standard InChI is InChI=1S/C23H28F4N4O2/c24-22(25)6-5-17(33-11-22)19(28)21-29-15-4-3-14(8-16(15)30-21)20(13-1-2-13)31-18(32)7-12-9-23(26,27)10-12/h3-4,8,12-13,17,19-20H,1-2,5-7,9-11,28H2,(H,29,30)(H,31,32)/t17-,19?,20+/m0/s1. The van der Waals surface area contributed by atoms with Crippen LogP contribution in [0.3, 0.4) is 0 Å². The van der Waals surface area contributed by atoms with Gasteiger partial charge in [-0.3, -0.25) is 4.79 Å². The van der Waals surface area contributed by atoms with E-state index < -0.39 is 30.6 Å². The lowest BCUT2D eigenvalue weighted by Crippen LogP contribution is -2.40. The summed E-state index contributed by atoms with van der Waals surface area (Å²) in [4.78, 5) is 20.2. The lowest BCUT2D eigenvalue weighted by atomic mass is 9.79. The van der Waals surface area contributed by atoms with Gasteiger partial charge in [0.05, 0.1) is 29.2 Å². The number of H-pyrrole nitrogens is 1. The van der Waals surface area contributed by atoms with E-state index in [1.54, 1.807) is 0 Å². The van der Waals surface area contributed by atoms with Gasteiger partial charge < -0.3 is 20.8 Å². The maximum absolute atomic E-state index is 13.4. The van der Waals surface area contributed by atoms with Gasteiger partial charge in [-0.2, -0.15) is 0 Å². The number of halogens is 4. The zero-order valence-electron chi connectivity index (χ0n) is 18.1. The van der Waals surface area contributed by atoms with E-state index in [1.165, 1.54) is 0 Å². The number of aromatic nitrogens is 2.